The summed E-state index contributed by atoms with van der Waals surface area (Å²) in [5.41, 5.74) is 0. The molecular weight excluding hydrogens is 183 g/mol. The zero-order valence-electron chi connectivity index (χ0n) is 5.95. The van der Waals surface area contributed by atoms with Crippen molar-refractivity contribution < 1.29 is 24.6 Å². The van der Waals surface area contributed by atoms with E-state index >= 15 is 0 Å². The van der Waals surface area contributed by atoms with Crippen molar-refractivity contribution in [3.63, 3.8) is 0 Å². The van der Waals surface area contributed by atoms with Crippen molar-refractivity contribution in [1.82, 2.24) is 0 Å². The minimum Gasteiger partial charge on any atom is -0.508 e. The van der Waals surface area contributed by atoms with Crippen LogP contribution in [0.2, 0.25) is 0 Å². The molecule has 0 amide bonds. The van der Waals surface area contributed by atoms with Crippen molar-refractivity contribution in [1.29, 1.82) is 0 Å². The minimum absolute atomic E-state index is 0.169. The van der Waals surface area contributed by atoms with Crippen LogP contribution in [0.5, 0.6) is 11.5 Å². The van der Waals surface area contributed by atoms with E-state index in [4.69, 9.17) is 24.6 Å². The molecular formula is C6H8O5P+. The largest absolute Gasteiger partial charge is 0.692 e. The van der Waals surface area contributed by atoms with Gasteiger partial charge in [0.25, 0.3) is 0 Å². The lowest BCUT2D eigenvalue weighted by atomic mass is 10.3. The molecule has 66 valence electrons. The molecule has 0 aliphatic carbocycles. The van der Waals surface area contributed by atoms with E-state index in [2.05, 4.69) is 0 Å². The molecule has 1 rings (SSSR count). The van der Waals surface area contributed by atoms with E-state index in [1.54, 1.807) is 0 Å². The Hall–Kier alpha value is -1.16. The molecule has 0 fully saturated rings. The average Bonchev–Trinajstić information content (AvgIpc) is 1.94. The van der Waals surface area contributed by atoms with E-state index in [9.17, 15) is 0 Å². The summed E-state index contributed by atoms with van der Waals surface area (Å²) in [6.07, 6.45) is 0. The first kappa shape index (κ1) is 10.8. The average molecular weight is 191 g/mol. The molecule has 5 nitrogen and oxygen atoms in total. The molecule has 0 heterocycles. The van der Waals surface area contributed by atoms with Gasteiger partial charge in [-0.25, -0.2) is 0 Å². The Balaban J connectivity index is 0.000000261. The zero-order valence-corrected chi connectivity index (χ0v) is 6.85. The van der Waals surface area contributed by atoms with E-state index in [1.807, 2.05) is 0 Å². The summed E-state index contributed by atoms with van der Waals surface area (Å²) in [6.45, 7) is 0. The molecule has 0 aromatic heterocycles. The number of benzene rings is 1. The second-order valence-corrected chi connectivity index (χ2v) is 2.27. The third kappa shape index (κ3) is 6.95. The summed E-state index contributed by atoms with van der Waals surface area (Å²) in [5, 5.41) is 17.3. The molecule has 0 atom stereocenters. The van der Waals surface area contributed by atoms with Crippen molar-refractivity contribution in [3.8, 4) is 11.5 Å². The van der Waals surface area contributed by atoms with E-state index in [0.717, 1.165) is 0 Å². The Morgan fingerprint density at radius 1 is 0.917 bits per heavy atom. The molecule has 1 aromatic carbocycles. The summed E-state index contributed by atoms with van der Waals surface area (Å²) in [4.78, 5) is 14.2. The maximum Gasteiger partial charge on any atom is 0.692 e. The van der Waals surface area contributed by atoms with Gasteiger partial charge < -0.3 is 10.2 Å². The van der Waals surface area contributed by atoms with Gasteiger partial charge in [0, 0.05) is 4.57 Å². The lowest BCUT2D eigenvalue weighted by Gasteiger charge is -1.88. The number of phenolic OH excluding ortho intramolecular Hbond substituents is 2. The zero-order chi connectivity index (χ0) is 9.56. The van der Waals surface area contributed by atoms with E-state index in [0.29, 0.717) is 0 Å². The van der Waals surface area contributed by atoms with Gasteiger partial charge in [-0.2, -0.15) is 0 Å². The van der Waals surface area contributed by atoms with Crippen LogP contribution in [0.3, 0.4) is 0 Å². The van der Waals surface area contributed by atoms with Gasteiger partial charge in [-0.15, -0.1) is 9.79 Å². The van der Waals surface area contributed by atoms with Crippen molar-refractivity contribution in [2.24, 2.45) is 0 Å². The lowest BCUT2D eigenvalue weighted by molar-refractivity contribution is 0.405. The van der Waals surface area contributed by atoms with Crippen molar-refractivity contribution in [2.75, 3.05) is 0 Å². The van der Waals surface area contributed by atoms with E-state index < -0.39 is 8.25 Å². The highest BCUT2D eigenvalue weighted by molar-refractivity contribution is 7.30. The number of phenols is 2. The lowest BCUT2D eigenvalue weighted by Crippen LogP contribution is -1.61. The Morgan fingerprint density at radius 2 is 1.08 bits per heavy atom. The summed E-state index contributed by atoms with van der Waals surface area (Å²) < 4.78 is 8.70. The van der Waals surface area contributed by atoms with Crippen LogP contribution in [0.1, 0.15) is 0 Å². The third-order valence-corrected chi connectivity index (χ3v) is 0.850. The maximum absolute atomic E-state index is 8.70. The molecule has 0 aliphatic rings. The van der Waals surface area contributed by atoms with Gasteiger partial charge in [0.05, 0.1) is 0 Å². The molecule has 0 aliphatic heterocycles. The van der Waals surface area contributed by atoms with Crippen LogP contribution in [0.25, 0.3) is 0 Å². The summed E-state index contributed by atoms with van der Waals surface area (Å²) in [6, 6.07) is 5.70. The Labute approximate surface area is 69.5 Å². The van der Waals surface area contributed by atoms with Gasteiger partial charge in [-0.1, -0.05) is 0 Å². The highest BCUT2D eigenvalue weighted by atomic mass is 31.1. The van der Waals surface area contributed by atoms with Crippen LogP contribution in [-0.2, 0) is 4.57 Å². The summed E-state index contributed by atoms with van der Waals surface area (Å²) in [7, 11) is -2.87. The van der Waals surface area contributed by atoms with Crippen LogP contribution in [0.15, 0.2) is 24.3 Å². The quantitative estimate of drug-likeness (QED) is 0.358. The third-order valence-electron chi connectivity index (χ3n) is 0.850. The van der Waals surface area contributed by atoms with E-state index in [1.165, 1.54) is 24.3 Å². The highest BCUT2D eigenvalue weighted by Crippen LogP contribution is 2.13. The van der Waals surface area contributed by atoms with Crippen LogP contribution in [-0.4, -0.2) is 20.0 Å². The first-order valence-electron chi connectivity index (χ1n) is 2.85. The monoisotopic (exact) mass is 191 g/mol. The number of rotatable bonds is 0. The Morgan fingerprint density at radius 3 is 1.25 bits per heavy atom. The molecule has 0 unspecified atom stereocenters. The molecule has 6 heteroatoms. The fourth-order valence-electron chi connectivity index (χ4n) is 0.453. The van der Waals surface area contributed by atoms with Gasteiger partial charge >= 0.3 is 8.25 Å². The fraction of sp³-hybridized carbons (Fsp3) is 0. The van der Waals surface area contributed by atoms with Crippen LogP contribution in [0, 0.1) is 0 Å². The molecule has 4 N–H and O–H groups in total. The molecule has 1 aromatic rings. The first-order chi connectivity index (χ1) is 5.52. The van der Waals surface area contributed by atoms with Crippen molar-refractivity contribution in [3.05, 3.63) is 24.3 Å². The molecule has 0 saturated heterocycles. The molecule has 0 saturated carbocycles. The second kappa shape index (κ2) is 5.49. The van der Waals surface area contributed by atoms with Gasteiger partial charge in [0.2, 0.25) is 0 Å². The normalized spacial score (nSPS) is 8.17. The fourth-order valence-corrected chi connectivity index (χ4v) is 0.453. The van der Waals surface area contributed by atoms with Crippen LogP contribution in [0.4, 0.5) is 0 Å². The van der Waals surface area contributed by atoms with E-state index in [-0.39, 0.29) is 11.5 Å². The van der Waals surface area contributed by atoms with Gasteiger partial charge in [-0.05, 0) is 24.3 Å². The first-order valence-corrected chi connectivity index (χ1v) is 4.02. The Kier molecular flexibility index (Phi) is 4.96. The topological polar surface area (TPSA) is 98.0 Å². The molecule has 0 bridgehead atoms. The van der Waals surface area contributed by atoms with Gasteiger partial charge in [0.15, 0.2) is 0 Å². The SMILES string of the molecule is O=[P+](O)O.Oc1ccc(O)cc1. The standard InChI is InChI=1S/C6H6O2.HO3P/c7-5-1-2-6(8)4-3-5;1-4(2)3/h1-4,7-8H;(H-,1,2,3)/p+1. The smallest absolute Gasteiger partial charge is 0.508 e. The van der Waals surface area contributed by atoms with Crippen LogP contribution >= 0.6 is 8.25 Å². The number of aromatic hydroxyl groups is 2. The predicted octanol–water partition coefficient (Wildman–Crippen LogP) is 0.726. The number of hydrogen-bond acceptors (Lipinski definition) is 3. The van der Waals surface area contributed by atoms with Gasteiger partial charge in [0.1, 0.15) is 11.5 Å². The maximum atomic E-state index is 8.70. The van der Waals surface area contributed by atoms with Crippen LogP contribution < -0.4 is 0 Å². The minimum atomic E-state index is -2.87. The molecule has 12 heavy (non-hydrogen) atoms. The van der Waals surface area contributed by atoms with Crippen molar-refractivity contribution >= 4 is 8.25 Å². The molecule has 0 spiro atoms. The predicted molar refractivity (Wildman–Crippen MR) is 41.8 cm³/mol. The van der Waals surface area contributed by atoms with Gasteiger partial charge in [-0.3, -0.25) is 0 Å². The Bertz CT molecular complexity index is 220. The second-order valence-electron chi connectivity index (χ2n) is 1.77. The summed E-state index contributed by atoms with van der Waals surface area (Å²) in [5.74, 6) is 0.339. The summed E-state index contributed by atoms with van der Waals surface area (Å²) >= 11 is 0. The highest BCUT2D eigenvalue weighted by Gasteiger charge is 1.93. The molecule has 0 radical (unpaired) electrons. The number of hydrogen-bond donors (Lipinski definition) is 4. The van der Waals surface area contributed by atoms with Crippen molar-refractivity contribution in [2.45, 2.75) is 0 Å².